The van der Waals surface area contributed by atoms with E-state index in [-0.39, 0.29) is 45.7 Å². The third-order valence-electron chi connectivity index (χ3n) is 12.0. The van der Waals surface area contributed by atoms with Crippen LogP contribution in [0.5, 0.6) is 0 Å². The van der Waals surface area contributed by atoms with Crippen LogP contribution in [0.25, 0.3) is 0 Å². The molecule has 0 radical (unpaired) electrons. The summed E-state index contributed by atoms with van der Waals surface area (Å²) in [5.41, 5.74) is -1.02. The van der Waals surface area contributed by atoms with Crippen LogP contribution < -0.4 is 0 Å². The summed E-state index contributed by atoms with van der Waals surface area (Å²) < 4.78 is 12.0. The first-order chi connectivity index (χ1) is 17.0. The van der Waals surface area contributed by atoms with Crippen LogP contribution in [0.1, 0.15) is 80.6 Å². The van der Waals surface area contributed by atoms with Crippen LogP contribution in [0.3, 0.4) is 0 Å². The van der Waals surface area contributed by atoms with Gasteiger partial charge in [0.1, 0.15) is 6.10 Å². The second kappa shape index (κ2) is 8.47. The fraction of sp³-hybridized carbons (Fsp3) is 0.839. The molecular weight excluding hydrogens is 468 g/mol. The summed E-state index contributed by atoms with van der Waals surface area (Å²) in [5, 5.41) is 33.1. The van der Waals surface area contributed by atoms with Crippen molar-refractivity contribution in [2.75, 3.05) is 7.11 Å². The van der Waals surface area contributed by atoms with E-state index in [9.17, 15) is 20.1 Å². The first-order valence-corrected chi connectivity index (χ1v) is 14.2. The number of aliphatic hydroxyl groups excluding tert-OH is 2. The van der Waals surface area contributed by atoms with Crippen LogP contribution >= 0.6 is 0 Å². The van der Waals surface area contributed by atoms with E-state index in [1.807, 2.05) is 0 Å². The van der Waals surface area contributed by atoms with Crippen LogP contribution in [0.15, 0.2) is 23.8 Å². The fourth-order valence-electron chi connectivity index (χ4n) is 9.90. The molecule has 37 heavy (non-hydrogen) atoms. The van der Waals surface area contributed by atoms with Crippen LogP contribution in [0, 0.1) is 45.3 Å². The zero-order valence-electron chi connectivity index (χ0n) is 24.0. The number of allylic oxidation sites excluding steroid dienone is 3. The maximum absolute atomic E-state index is 12.8. The second-order valence-corrected chi connectivity index (χ2v) is 14.6. The van der Waals surface area contributed by atoms with Gasteiger partial charge in [0.2, 0.25) is 0 Å². The summed E-state index contributed by atoms with van der Waals surface area (Å²) in [6.45, 7) is 14.3. The highest BCUT2D eigenvalue weighted by molar-refractivity contribution is 5.95. The molecule has 0 aromatic carbocycles. The minimum absolute atomic E-state index is 0.0844. The Balaban J connectivity index is 1.47. The minimum Gasteiger partial charge on any atom is -0.392 e. The van der Waals surface area contributed by atoms with Gasteiger partial charge in [0.15, 0.2) is 12.1 Å². The molecule has 2 saturated carbocycles. The van der Waals surface area contributed by atoms with Crippen molar-refractivity contribution in [3.63, 3.8) is 0 Å². The molecular formula is C31H48O6. The van der Waals surface area contributed by atoms with Gasteiger partial charge in [-0.3, -0.25) is 4.79 Å². The number of aliphatic hydroxyl groups is 3. The van der Waals surface area contributed by atoms with Crippen LogP contribution in [-0.2, 0) is 14.3 Å². The average molecular weight is 517 g/mol. The number of rotatable bonds is 4. The monoisotopic (exact) mass is 516 g/mol. The van der Waals surface area contributed by atoms with E-state index >= 15 is 0 Å². The Bertz CT molecular complexity index is 1010. The molecule has 208 valence electrons. The molecule has 1 heterocycles. The maximum atomic E-state index is 12.8. The lowest BCUT2D eigenvalue weighted by molar-refractivity contribution is -0.186. The average Bonchev–Trinajstić information content (AvgIpc) is 3.38. The van der Waals surface area contributed by atoms with Crippen LogP contribution in [-0.4, -0.2) is 58.4 Å². The van der Waals surface area contributed by atoms with Crippen LogP contribution in [0.2, 0.25) is 0 Å². The highest BCUT2D eigenvalue weighted by atomic mass is 16.7. The number of ether oxygens (including phenoxy) is 2. The second-order valence-electron chi connectivity index (χ2n) is 14.6. The number of fused-ring (bicyclic) bond motifs is 5. The standard InChI is InChI=1S/C31H48O6/c1-27(2)22-16-24(33)31(7)20-10-9-18(17-15-19(37-26(17)36-8)25(34)28(3,4)35)29(20,5)13-11-21(31)30(22,6)14-12-23(27)32/h10,12,14,17-19,21-22,24-26,33-35H,9,11,13,15-16H2,1-8H3/t17-,18-,19+,21+,22-,24+,25+,26+,29-,30+,31-/m0/s1. The van der Waals surface area contributed by atoms with Gasteiger partial charge in [-0.25, -0.2) is 0 Å². The first-order valence-electron chi connectivity index (χ1n) is 14.2. The van der Waals surface area contributed by atoms with Gasteiger partial charge in [0, 0.05) is 23.9 Å². The minimum atomic E-state index is -1.26. The lowest BCUT2D eigenvalue weighted by Gasteiger charge is -2.66. The third kappa shape index (κ3) is 3.65. The van der Waals surface area contributed by atoms with Gasteiger partial charge in [-0.15, -0.1) is 0 Å². The lowest BCUT2D eigenvalue weighted by atomic mass is 9.38. The van der Waals surface area contributed by atoms with Gasteiger partial charge in [-0.05, 0) is 80.6 Å². The van der Waals surface area contributed by atoms with E-state index in [2.05, 4.69) is 46.8 Å². The Morgan fingerprint density at radius 3 is 2.43 bits per heavy atom. The van der Waals surface area contributed by atoms with E-state index in [1.54, 1.807) is 27.0 Å². The Hall–Kier alpha value is -1.05. The summed E-state index contributed by atoms with van der Waals surface area (Å²) in [6, 6.07) is 0. The molecule has 5 aliphatic rings. The van der Waals surface area contributed by atoms with E-state index in [0.29, 0.717) is 12.8 Å². The maximum Gasteiger partial charge on any atom is 0.161 e. The molecule has 1 saturated heterocycles. The lowest BCUT2D eigenvalue weighted by Crippen LogP contribution is -2.63. The number of carbonyl (C=O) groups excluding carboxylic acids is 1. The zero-order chi connectivity index (χ0) is 27.3. The van der Waals surface area contributed by atoms with Crippen LogP contribution in [0.4, 0.5) is 0 Å². The molecule has 4 aliphatic carbocycles. The summed E-state index contributed by atoms with van der Waals surface area (Å²) in [6.07, 6.45) is 8.07. The number of ketones is 1. The smallest absolute Gasteiger partial charge is 0.161 e. The highest BCUT2D eigenvalue weighted by Gasteiger charge is 2.68. The summed E-state index contributed by atoms with van der Waals surface area (Å²) in [4.78, 5) is 12.8. The number of hydrogen-bond acceptors (Lipinski definition) is 6. The van der Waals surface area contributed by atoms with E-state index in [1.165, 1.54) is 5.57 Å². The number of methoxy groups -OCH3 is 1. The van der Waals surface area contributed by atoms with E-state index in [4.69, 9.17) is 9.47 Å². The molecule has 0 aromatic heterocycles. The summed E-state index contributed by atoms with van der Waals surface area (Å²) in [5.74, 6) is 0.875. The quantitative estimate of drug-likeness (QED) is 0.479. The third-order valence-corrected chi connectivity index (χ3v) is 12.0. The molecule has 3 fully saturated rings. The number of hydrogen-bond donors (Lipinski definition) is 3. The van der Waals surface area contributed by atoms with Gasteiger partial charge < -0.3 is 24.8 Å². The van der Waals surface area contributed by atoms with Crippen molar-refractivity contribution in [1.29, 1.82) is 0 Å². The van der Waals surface area contributed by atoms with Gasteiger partial charge in [-0.1, -0.05) is 52.3 Å². The van der Waals surface area contributed by atoms with Crippen molar-refractivity contribution >= 4 is 5.78 Å². The Morgan fingerprint density at radius 2 is 1.81 bits per heavy atom. The van der Waals surface area contributed by atoms with Gasteiger partial charge in [0.25, 0.3) is 0 Å². The molecule has 0 unspecified atom stereocenters. The Morgan fingerprint density at radius 1 is 1.14 bits per heavy atom. The summed E-state index contributed by atoms with van der Waals surface area (Å²) in [7, 11) is 1.66. The molecule has 0 amide bonds. The van der Waals surface area contributed by atoms with Crippen molar-refractivity contribution < 1.29 is 29.6 Å². The molecule has 0 bridgehead atoms. The predicted molar refractivity (Wildman–Crippen MR) is 141 cm³/mol. The van der Waals surface area contributed by atoms with Gasteiger partial charge in [0.05, 0.1) is 17.8 Å². The van der Waals surface area contributed by atoms with Gasteiger partial charge in [-0.2, -0.15) is 0 Å². The van der Waals surface area contributed by atoms with Crippen molar-refractivity contribution in [3.05, 3.63) is 23.8 Å². The number of carbonyl (C=O) groups is 1. The first kappa shape index (κ1) is 27.5. The fourth-order valence-corrected chi connectivity index (χ4v) is 9.90. The molecule has 0 spiro atoms. The normalized spacial score (nSPS) is 49.8. The molecule has 0 aromatic rings. The van der Waals surface area contributed by atoms with Crippen molar-refractivity contribution in [2.24, 2.45) is 45.3 Å². The largest absolute Gasteiger partial charge is 0.392 e. The van der Waals surface area contributed by atoms with Crippen molar-refractivity contribution in [3.8, 4) is 0 Å². The molecule has 5 rings (SSSR count). The van der Waals surface area contributed by atoms with Crippen molar-refractivity contribution in [1.82, 2.24) is 0 Å². The molecule has 11 atom stereocenters. The van der Waals surface area contributed by atoms with E-state index < -0.39 is 35.6 Å². The molecule has 1 aliphatic heterocycles. The topological polar surface area (TPSA) is 96.2 Å². The molecule has 6 heteroatoms. The predicted octanol–water partition coefficient (Wildman–Crippen LogP) is 4.42. The summed E-state index contributed by atoms with van der Waals surface area (Å²) >= 11 is 0. The zero-order valence-corrected chi connectivity index (χ0v) is 24.0. The van der Waals surface area contributed by atoms with Gasteiger partial charge >= 0.3 is 0 Å². The Kier molecular flexibility index (Phi) is 6.30. The molecule has 3 N–H and O–H groups in total. The van der Waals surface area contributed by atoms with Crippen molar-refractivity contribution in [2.45, 2.75) is 111 Å². The van der Waals surface area contributed by atoms with E-state index in [0.717, 1.165) is 19.3 Å². The molecule has 6 nitrogen and oxygen atoms in total. The highest BCUT2D eigenvalue weighted by Crippen LogP contribution is 2.72. The SMILES string of the molecule is CO[C@@H]1O[C@@H]([C@@H](O)C(C)(C)O)C[C@H]1[C@@H]1CC=C2[C@]3(C)[C@H](O)C[C@H]4C(C)(C)C(=O)C=C[C@]4(C)[C@H]3CC[C@]21C. The Labute approximate surface area is 222 Å².